The zero-order valence-corrected chi connectivity index (χ0v) is 6.21. The summed E-state index contributed by atoms with van der Waals surface area (Å²) in [6, 6.07) is 5.87. The first kappa shape index (κ1) is 7.02. The molecule has 2 aromatic heterocycles. The van der Waals surface area contributed by atoms with E-state index < -0.39 is 0 Å². The van der Waals surface area contributed by atoms with Crippen molar-refractivity contribution in [2.45, 2.75) is 0 Å². The Morgan fingerprint density at radius 2 is 1.90 bits per heavy atom. The first-order valence-electron chi connectivity index (χ1n) is 2.91. The van der Waals surface area contributed by atoms with Crippen LogP contribution in [0, 0.1) is 0 Å². The lowest BCUT2D eigenvalue weighted by Crippen LogP contribution is -1.53. The van der Waals surface area contributed by atoms with Crippen LogP contribution >= 0.6 is 11.3 Å². The zero-order chi connectivity index (χ0) is 7.07. The molecule has 0 spiro atoms. The number of rotatable bonds is 0. The Hall–Kier alpha value is -1.09. The van der Waals surface area contributed by atoms with E-state index in [1.165, 1.54) is 0 Å². The molecule has 2 nitrogen and oxygen atoms in total. The summed E-state index contributed by atoms with van der Waals surface area (Å²) in [6.07, 6.45) is 3.46. The van der Waals surface area contributed by atoms with Crippen molar-refractivity contribution < 1.29 is 0 Å². The maximum absolute atomic E-state index is 3.60. The molecule has 0 unspecified atom stereocenters. The first-order valence-corrected chi connectivity index (χ1v) is 3.85. The van der Waals surface area contributed by atoms with Crippen molar-refractivity contribution in [1.82, 2.24) is 10.2 Å². The highest BCUT2D eigenvalue weighted by molar-refractivity contribution is 7.07. The van der Waals surface area contributed by atoms with Gasteiger partial charge in [-0.3, -0.25) is 5.10 Å². The summed E-state index contributed by atoms with van der Waals surface area (Å²) in [6.45, 7) is 0. The number of nitrogens with zero attached hydrogens (tertiary/aromatic N) is 1. The van der Waals surface area contributed by atoms with Crippen LogP contribution in [0.25, 0.3) is 0 Å². The van der Waals surface area contributed by atoms with Crippen LogP contribution in [-0.4, -0.2) is 10.2 Å². The summed E-state index contributed by atoms with van der Waals surface area (Å²) in [5.41, 5.74) is 0. The normalized spacial score (nSPS) is 8.00. The lowest BCUT2D eigenvalue weighted by Gasteiger charge is -1.49. The summed E-state index contributed by atoms with van der Waals surface area (Å²) < 4.78 is 0. The molecular weight excluding hydrogens is 144 g/mol. The highest BCUT2D eigenvalue weighted by atomic mass is 32.1. The number of aromatic amines is 1. The summed E-state index contributed by atoms with van der Waals surface area (Å²) in [5, 5.41) is 10.3. The number of hydrogen-bond donors (Lipinski definition) is 1. The molecule has 3 heteroatoms. The van der Waals surface area contributed by atoms with Crippen molar-refractivity contribution in [2.75, 3.05) is 0 Å². The smallest absolute Gasteiger partial charge is 0.0487 e. The second-order valence-corrected chi connectivity index (χ2v) is 2.38. The summed E-state index contributed by atoms with van der Waals surface area (Å²) in [5.74, 6) is 0. The van der Waals surface area contributed by atoms with Gasteiger partial charge >= 0.3 is 0 Å². The van der Waals surface area contributed by atoms with Crippen LogP contribution in [0.2, 0.25) is 0 Å². The van der Waals surface area contributed by atoms with Gasteiger partial charge in [-0.1, -0.05) is 12.1 Å². The van der Waals surface area contributed by atoms with E-state index in [1.807, 2.05) is 29.0 Å². The minimum Gasteiger partial charge on any atom is -0.286 e. The van der Waals surface area contributed by atoms with Gasteiger partial charge in [0, 0.05) is 12.4 Å². The molecule has 2 heterocycles. The standard InChI is InChI=1S/C4H4S.C3H4N2/c2*1-2-4-5-3-1/h1-4H;1-3H,(H,4,5). The average Bonchev–Trinajstić information content (AvgIpc) is 2.67. The van der Waals surface area contributed by atoms with Gasteiger partial charge in [0.25, 0.3) is 0 Å². The first-order chi connectivity index (χ1) is 5.00. The average molecular weight is 152 g/mol. The second kappa shape index (κ2) is 4.76. The number of hydrogen-bond acceptors (Lipinski definition) is 2. The fourth-order valence-electron chi connectivity index (χ4n) is 0.442. The van der Waals surface area contributed by atoms with E-state index in [9.17, 15) is 0 Å². The largest absolute Gasteiger partial charge is 0.286 e. The van der Waals surface area contributed by atoms with E-state index in [4.69, 9.17) is 0 Å². The molecule has 0 aliphatic carbocycles. The summed E-state index contributed by atoms with van der Waals surface area (Å²) in [4.78, 5) is 0. The quantitative estimate of drug-likeness (QED) is 0.615. The van der Waals surface area contributed by atoms with Crippen molar-refractivity contribution >= 4 is 11.3 Å². The van der Waals surface area contributed by atoms with E-state index in [1.54, 1.807) is 23.7 Å². The topological polar surface area (TPSA) is 28.7 Å². The lowest BCUT2D eigenvalue weighted by molar-refractivity contribution is 1.09. The van der Waals surface area contributed by atoms with Crippen LogP contribution in [0.15, 0.2) is 41.4 Å². The Labute approximate surface area is 63.5 Å². The molecule has 0 saturated carbocycles. The minimum absolute atomic E-state index is 1.69. The van der Waals surface area contributed by atoms with Crippen LogP contribution in [0.5, 0.6) is 0 Å². The predicted molar refractivity (Wildman–Crippen MR) is 42.9 cm³/mol. The third-order valence-electron chi connectivity index (χ3n) is 0.831. The number of thiophene rings is 1. The van der Waals surface area contributed by atoms with E-state index in [0.29, 0.717) is 0 Å². The number of H-pyrrole nitrogens is 1. The van der Waals surface area contributed by atoms with Gasteiger partial charge in [-0.05, 0) is 16.8 Å². The molecule has 0 radical (unpaired) electrons. The molecule has 2 rings (SSSR count). The van der Waals surface area contributed by atoms with Gasteiger partial charge in [-0.25, -0.2) is 0 Å². The Morgan fingerprint density at radius 3 is 2.10 bits per heavy atom. The SMILES string of the molecule is c1ccsc1.c1cn[nH]c1. The molecule has 0 atom stereocenters. The van der Waals surface area contributed by atoms with Crippen LogP contribution in [0.4, 0.5) is 0 Å². The van der Waals surface area contributed by atoms with E-state index in [-0.39, 0.29) is 0 Å². The maximum Gasteiger partial charge on any atom is 0.0487 e. The van der Waals surface area contributed by atoms with E-state index >= 15 is 0 Å². The molecule has 52 valence electrons. The second-order valence-electron chi connectivity index (χ2n) is 1.56. The van der Waals surface area contributed by atoms with Gasteiger partial charge in [0.1, 0.15) is 0 Å². The van der Waals surface area contributed by atoms with Gasteiger partial charge in [0.05, 0.1) is 0 Å². The van der Waals surface area contributed by atoms with Crippen LogP contribution in [0.1, 0.15) is 0 Å². The Morgan fingerprint density at radius 1 is 1.10 bits per heavy atom. The van der Waals surface area contributed by atoms with Crippen molar-refractivity contribution in [3.63, 3.8) is 0 Å². The van der Waals surface area contributed by atoms with Gasteiger partial charge in [0.2, 0.25) is 0 Å². The Kier molecular flexibility index (Phi) is 3.34. The molecule has 0 fully saturated rings. The monoisotopic (exact) mass is 152 g/mol. The zero-order valence-electron chi connectivity index (χ0n) is 5.40. The van der Waals surface area contributed by atoms with Crippen LogP contribution < -0.4 is 0 Å². The molecule has 10 heavy (non-hydrogen) atoms. The van der Waals surface area contributed by atoms with Gasteiger partial charge in [-0.2, -0.15) is 16.4 Å². The van der Waals surface area contributed by atoms with Gasteiger partial charge < -0.3 is 0 Å². The molecule has 0 saturated heterocycles. The van der Waals surface area contributed by atoms with Gasteiger partial charge in [0.15, 0.2) is 0 Å². The summed E-state index contributed by atoms with van der Waals surface area (Å²) in [7, 11) is 0. The minimum atomic E-state index is 1.69. The molecule has 0 aliphatic rings. The van der Waals surface area contributed by atoms with E-state index in [2.05, 4.69) is 10.2 Å². The highest BCUT2D eigenvalue weighted by Gasteiger charge is 1.58. The molecule has 0 bridgehead atoms. The molecule has 0 aliphatic heterocycles. The van der Waals surface area contributed by atoms with Crippen molar-refractivity contribution in [3.8, 4) is 0 Å². The molecular formula is C7H8N2S. The molecule has 2 aromatic rings. The fourth-order valence-corrected chi connectivity index (χ4v) is 0.896. The van der Waals surface area contributed by atoms with Crippen molar-refractivity contribution in [2.24, 2.45) is 0 Å². The fraction of sp³-hybridized carbons (Fsp3) is 0. The third-order valence-corrected chi connectivity index (χ3v) is 1.46. The van der Waals surface area contributed by atoms with Gasteiger partial charge in [-0.15, -0.1) is 0 Å². The molecule has 0 aromatic carbocycles. The van der Waals surface area contributed by atoms with Crippen LogP contribution in [-0.2, 0) is 0 Å². The van der Waals surface area contributed by atoms with Crippen molar-refractivity contribution in [1.29, 1.82) is 0 Å². The van der Waals surface area contributed by atoms with Crippen molar-refractivity contribution in [3.05, 3.63) is 41.4 Å². The number of nitrogens with one attached hydrogen (secondary N) is 1. The van der Waals surface area contributed by atoms with E-state index in [0.717, 1.165) is 0 Å². The highest BCUT2D eigenvalue weighted by Crippen LogP contribution is 1.91. The number of aromatic nitrogens is 2. The molecule has 1 N–H and O–H groups in total. The Balaban J connectivity index is 0.0000001000. The molecule has 0 amide bonds. The summed E-state index contributed by atoms with van der Waals surface area (Å²) >= 11 is 1.71. The Bertz CT molecular complexity index is 151. The van der Waals surface area contributed by atoms with Crippen LogP contribution in [0.3, 0.4) is 0 Å². The predicted octanol–water partition coefficient (Wildman–Crippen LogP) is 2.16. The maximum atomic E-state index is 3.60. The third kappa shape index (κ3) is 3.04. The lowest BCUT2D eigenvalue weighted by atomic mass is 10.7.